The normalized spacial score (nSPS) is 11.0. The van der Waals surface area contributed by atoms with Crippen molar-refractivity contribution in [2.45, 2.75) is 33.6 Å². The standard InChI is InChI=1S/C22H29N5/c1-6-18(4)26(5)13-9-12-23-21-14-20(19-11-8-7-10-16(19)2)25-22-17(3)15-24-27(21)22/h7-8,10-11,14-15,23H,4,6,9,12-13H2,1-3,5H3. The summed E-state index contributed by atoms with van der Waals surface area (Å²) in [6.07, 6.45) is 3.88. The first-order valence-electron chi connectivity index (χ1n) is 9.55. The number of rotatable bonds is 8. The second kappa shape index (κ2) is 8.25. The molecule has 0 spiro atoms. The summed E-state index contributed by atoms with van der Waals surface area (Å²) in [6, 6.07) is 10.4. The van der Waals surface area contributed by atoms with Crippen LogP contribution in [0.5, 0.6) is 0 Å². The van der Waals surface area contributed by atoms with Crippen molar-refractivity contribution < 1.29 is 0 Å². The molecule has 1 aromatic carbocycles. The minimum Gasteiger partial charge on any atom is -0.378 e. The van der Waals surface area contributed by atoms with Crippen LogP contribution in [0.15, 0.2) is 48.8 Å². The van der Waals surface area contributed by atoms with Crippen LogP contribution < -0.4 is 5.32 Å². The number of allylic oxidation sites excluding steroid dienone is 1. The highest BCUT2D eigenvalue weighted by atomic mass is 15.3. The number of nitrogens with one attached hydrogen (secondary N) is 1. The molecule has 2 heterocycles. The summed E-state index contributed by atoms with van der Waals surface area (Å²) < 4.78 is 1.89. The summed E-state index contributed by atoms with van der Waals surface area (Å²) in [7, 11) is 2.10. The molecule has 0 saturated carbocycles. The lowest BCUT2D eigenvalue weighted by molar-refractivity contribution is 0.403. The lowest BCUT2D eigenvalue weighted by atomic mass is 10.1. The van der Waals surface area contributed by atoms with Gasteiger partial charge >= 0.3 is 0 Å². The lowest BCUT2D eigenvalue weighted by Crippen LogP contribution is -2.20. The maximum atomic E-state index is 4.86. The van der Waals surface area contributed by atoms with Crippen LogP contribution in [0.4, 0.5) is 5.82 Å². The van der Waals surface area contributed by atoms with Gasteiger partial charge in [-0.3, -0.25) is 0 Å². The largest absolute Gasteiger partial charge is 0.378 e. The van der Waals surface area contributed by atoms with Gasteiger partial charge < -0.3 is 10.2 Å². The lowest BCUT2D eigenvalue weighted by Gasteiger charge is -2.21. The Bertz CT molecular complexity index is 941. The first kappa shape index (κ1) is 19.0. The summed E-state index contributed by atoms with van der Waals surface area (Å²) in [5.41, 5.74) is 6.50. The molecule has 0 radical (unpaired) electrons. The van der Waals surface area contributed by atoms with Crippen LogP contribution in [0.25, 0.3) is 16.9 Å². The molecule has 2 aromatic heterocycles. The third-order valence-corrected chi connectivity index (χ3v) is 4.99. The van der Waals surface area contributed by atoms with Crippen LogP contribution in [0, 0.1) is 13.8 Å². The van der Waals surface area contributed by atoms with E-state index in [4.69, 9.17) is 4.98 Å². The Balaban J connectivity index is 1.82. The topological polar surface area (TPSA) is 45.5 Å². The zero-order chi connectivity index (χ0) is 19.4. The van der Waals surface area contributed by atoms with Crippen molar-refractivity contribution in [2.75, 3.05) is 25.5 Å². The Morgan fingerprint density at radius 1 is 1.22 bits per heavy atom. The maximum absolute atomic E-state index is 4.86. The molecule has 5 nitrogen and oxygen atoms in total. The van der Waals surface area contributed by atoms with E-state index < -0.39 is 0 Å². The molecule has 0 aliphatic rings. The highest BCUT2D eigenvalue weighted by molar-refractivity contribution is 5.70. The fourth-order valence-corrected chi connectivity index (χ4v) is 3.16. The van der Waals surface area contributed by atoms with Crippen molar-refractivity contribution in [3.8, 4) is 11.3 Å². The zero-order valence-corrected chi connectivity index (χ0v) is 16.8. The predicted octanol–water partition coefficient (Wildman–Crippen LogP) is 4.67. The second-order valence-electron chi connectivity index (χ2n) is 7.03. The van der Waals surface area contributed by atoms with Crippen molar-refractivity contribution in [1.29, 1.82) is 0 Å². The predicted molar refractivity (Wildman–Crippen MR) is 113 cm³/mol. The third-order valence-electron chi connectivity index (χ3n) is 4.99. The Morgan fingerprint density at radius 3 is 2.74 bits per heavy atom. The summed E-state index contributed by atoms with van der Waals surface area (Å²) in [5, 5.41) is 8.04. The fourth-order valence-electron chi connectivity index (χ4n) is 3.16. The highest BCUT2D eigenvalue weighted by Gasteiger charge is 2.12. The van der Waals surface area contributed by atoms with E-state index in [0.717, 1.165) is 54.2 Å². The van der Waals surface area contributed by atoms with Crippen molar-refractivity contribution >= 4 is 11.5 Å². The van der Waals surface area contributed by atoms with Crippen LogP contribution >= 0.6 is 0 Å². The van der Waals surface area contributed by atoms with Gasteiger partial charge in [-0.1, -0.05) is 37.8 Å². The number of benzene rings is 1. The molecule has 1 N–H and O–H groups in total. The Hall–Kier alpha value is -2.82. The average molecular weight is 364 g/mol. The summed E-state index contributed by atoms with van der Waals surface area (Å²) in [4.78, 5) is 7.08. The second-order valence-corrected chi connectivity index (χ2v) is 7.03. The van der Waals surface area contributed by atoms with Crippen molar-refractivity contribution in [3.05, 3.63) is 59.9 Å². The molecule has 0 bridgehead atoms. The molecule has 3 aromatic rings. The van der Waals surface area contributed by atoms with Gasteiger partial charge in [0.15, 0.2) is 5.65 Å². The van der Waals surface area contributed by atoms with Gasteiger partial charge in [0.2, 0.25) is 0 Å². The van der Waals surface area contributed by atoms with Crippen LogP contribution in [0.3, 0.4) is 0 Å². The van der Waals surface area contributed by atoms with Gasteiger partial charge in [0.05, 0.1) is 11.9 Å². The SMILES string of the molecule is C=C(CC)N(C)CCCNc1cc(-c2ccccc2C)nc2c(C)cnn12. The van der Waals surface area contributed by atoms with E-state index >= 15 is 0 Å². The minimum absolute atomic E-state index is 0.868. The van der Waals surface area contributed by atoms with Gasteiger partial charge in [-0.25, -0.2) is 4.98 Å². The van der Waals surface area contributed by atoms with Crippen LogP contribution in [0.2, 0.25) is 0 Å². The van der Waals surface area contributed by atoms with E-state index in [9.17, 15) is 0 Å². The van der Waals surface area contributed by atoms with E-state index in [2.05, 4.69) is 73.1 Å². The molecule has 0 fully saturated rings. The fraction of sp³-hybridized carbons (Fsp3) is 0.364. The van der Waals surface area contributed by atoms with E-state index in [0.29, 0.717) is 0 Å². The molecule has 0 aliphatic carbocycles. The highest BCUT2D eigenvalue weighted by Crippen LogP contribution is 2.26. The average Bonchev–Trinajstić information content (AvgIpc) is 3.05. The van der Waals surface area contributed by atoms with Gasteiger partial charge in [0.25, 0.3) is 0 Å². The van der Waals surface area contributed by atoms with Gasteiger partial charge in [-0.2, -0.15) is 9.61 Å². The molecule has 142 valence electrons. The van der Waals surface area contributed by atoms with Gasteiger partial charge in [-0.15, -0.1) is 0 Å². The third kappa shape index (κ3) is 4.13. The van der Waals surface area contributed by atoms with Crippen molar-refractivity contribution in [3.63, 3.8) is 0 Å². The Morgan fingerprint density at radius 2 is 2.00 bits per heavy atom. The van der Waals surface area contributed by atoms with Crippen molar-refractivity contribution in [1.82, 2.24) is 19.5 Å². The molecule has 0 atom stereocenters. The number of fused-ring (bicyclic) bond motifs is 1. The van der Waals surface area contributed by atoms with E-state index in [1.54, 1.807) is 0 Å². The molecule has 27 heavy (non-hydrogen) atoms. The molecule has 0 unspecified atom stereocenters. The molecule has 0 amide bonds. The number of nitrogens with zero attached hydrogens (tertiary/aromatic N) is 4. The van der Waals surface area contributed by atoms with Gasteiger partial charge in [-0.05, 0) is 32.3 Å². The summed E-state index contributed by atoms with van der Waals surface area (Å²) in [5.74, 6) is 0.975. The van der Waals surface area contributed by atoms with E-state index in [-0.39, 0.29) is 0 Å². The summed E-state index contributed by atoms with van der Waals surface area (Å²) in [6.45, 7) is 12.2. The zero-order valence-electron chi connectivity index (χ0n) is 16.8. The number of hydrogen-bond donors (Lipinski definition) is 1. The number of hydrogen-bond acceptors (Lipinski definition) is 4. The first-order chi connectivity index (χ1) is 13.0. The molecule has 5 heteroatoms. The smallest absolute Gasteiger partial charge is 0.160 e. The minimum atomic E-state index is 0.868. The van der Waals surface area contributed by atoms with E-state index in [1.807, 2.05) is 17.6 Å². The van der Waals surface area contributed by atoms with Crippen LogP contribution in [-0.2, 0) is 0 Å². The van der Waals surface area contributed by atoms with Crippen LogP contribution in [-0.4, -0.2) is 39.6 Å². The van der Waals surface area contributed by atoms with Crippen molar-refractivity contribution in [2.24, 2.45) is 0 Å². The van der Waals surface area contributed by atoms with E-state index in [1.165, 1.54) is 11.3 Å². The number of aryl methyl sites for hydroxylation is 2. The number of anilines is 1. The Labute approximate surface area is 161 Å². The molecule has 3 rings (SSSR count). The monoisotopic (exact) mass is 363 g/mol. The molecule has 0 aliphatic heterocycles. The number of aromatic nitrogens is 3. The van der Waals surface area contributed by atoms with Crippen LogP contribution in [0.1, 0.15) is 30.9 Å². The van der Waals surface area contributed by atoms with Gasteiger partial charge in [0, 0.05) is 43.0 Å². The quantitative estimate of drug-likeness (QED) is 0.591. The first-order valence-corrected chi connectivity index (χ1v) is 9.55. The Kier molecular flexibility index (Phi) is 5.79. The van der Waals surface area contributed by atoms with Gasteiger partial charge in [0.1, 0.15) is 5.82 Å². The summed E-state index contributed by atoms with van der Waals surface area (Å²) >= 11 is 0. The molecular formula is C22H29N5. The molecule has 0 saturated heterocycles. The molecular weight excluding hydrogens is 334 g/mol. The maximum Gasteiger partial charge on any atom is 0.160 e.